The van der Waals surface area contributed by atoms with E-state index < -0.39 is 0 Å². The van der Waals surface area contributed by atoms with Crippen LogP contribution in [0.1, 0.15) is 9.67 Å². The number of carbonyl (C=O) groups is 2. The Morgan fingerprint density at radius 1 is 1.47 bits per heavy atom. The number of likely N-dealkylation sites (N-methyl/N-ethyl adjacent to an activating group) is 1. The van der Waals surface area contributed by atoms with Crippen LogP contribution in [0.5, 0.6) is 0 Å². The molecule has 4 nitrogen and oxygen atoms in total. The third-order valence-corrected chi connectivity index (χ3v) is 3.39. The van der Waals surface area contributed by atoms with Gasteiger partial charge in [0.05, 0.1) is 11.4 Å². The van der Waals surface area contributed by atoms with E-state index in [1.165, 1.54) is 11.3 Å². The second-order valence-corrected chi connectivity index (χ2v) is 4.50. The average Bonchev–Trinajstić information content (AvgIpc) is 2.70. The van der Waals surface area contributed by atoms with Crippen LogP contribution in [0, 0.1) is 0 Å². The van der Waals surface area contributed by atoms with Crippen molar-refractivity contribution in [2.24, 2.45) is 0 Å². The zero-order valence-electron chi connectivity index (χ0n) is 8.47. The summed E-state index contributed by atoms with van der Waals surface area (Å²) in [6.07, 6.45) is 0.839. The van der Waals surface area contributed by atoms with Crippen molar-refractivity contribution in [1.29, 1.82) is 0 Å². The minimum atomic E-state index is 0.125. The molecule has 1 aliphatic rings. The molecule has 1 amide bonds. The average molecular weight is 224 g/mol. The van der Waals surface area contributed by atoms with Gasteiger partial charge in [0.25, 0.3) is 0 Å². The van der Waals surface area contributed by atoms with Gasteiger partial charge in [-0.15, -0.1) is 11.3 Å². The molecule has 0 aliphatic carbocycles. The van der Waals surface area contributed by atoms with Crippen molar-refractivity contribution in [1.82, 2.24) is 4.90 Å². The van der Waals surface area contributed by atoms with Crippen LogP contribution in [0.3, 0.4) is 0 Å². The van der Waals surface area contributed by atoms with Gasteiger partial charge < -0.3 is 9.80 Å². The van der Waals surface area contributed by atoms with Gasteiger partial charge >= 0.3 is 0 Å². The van der Waals surface area contributed by atoms with Crippen molar-refractivity contribution in [2.45, 2.75) is 0 Å². The van der Waals surface area contributed by atoms with Gasteiger partial charge in [-0.25, -0.2) is 0 Å². The SMILES string of the molecule is CN1CCN(c2csc(C=O)c2)CC1=O. The fraction of sp³-hybridized carbons (Fsp3) is 0.400. The molecule has 0 N–H and O–H groups in total. The van der Waals surface area contributed by atoms with Crippen LogP contribution < -0.4 is 4.90 Å². The zero-order chi connectivity index (χ0) is 10.8. The van der Waals surface area contributed by atoms with E-state index >= 15 is 0 Å². The molecule has 0 spiro atoms. The third kappa shape index (κ3) is 2.02. The summed E-state index contributed by atoms with van der Waals surface area (Å²) < 4.78 is 0. The third-order valence-electron chi connectivity index (χ3n) is 2.54. The van der Waals surface area contributed by atoms with Gasteiger partial charge in [-0.1, -0.05) is 0 Å². The number of carbonyl (C=O) groups excluding carboxylic acids is 2. The number of anilines is 1. The molecule has 0 bridgehead atoms. The minimum absolute atomic E-state index is 0.125. The fourth-order valence-corrected chi connectivity index (χ4v) is 2.27. The second-order valence-electron chi connectivity index (χ2n) is 3.56. The molecule has 0 radical (unpaired) electrons. The highest BCUT2D eigenvalue weighted by Gasteiger charge is 2.21. The predicted molar refractivity (Wildman–Crippen MR) is 59.6 cm³/mol. The van der Waals surface area contributed by atoms with Crippen molar-refractivity contribution in [3.05, 3.63) is 16.3 Å². The summed E-state index contributed by atoms with van der Waals surface area (Å²) >= 11 is 1.41. The highest BCUT2D eigenvalue weighted by molar-refractivity contribution is 7.12. The fourth-order valence-electron chi connectivity index (χ4n) is 1.55. The Bertz CT molecular complexity index is 389. The number of thiophene rings is 1. The molecule has 0 atom stereocenters. The second kappa shape index (κ2) is 4.02. The van der Waals surface area contributed by atoms with Crippen LogP contribution in [0.2, 0.25) is 0 Å². The summed E-state index contributed by atoms with van der Waals surface area (Å²) in [4.78, 5) is 26.4. The first-order valence-electron chi connectivity index (χ1n) is 4.73. The van der Waals surface area contributed by atoms with E-state index in [-0.39, 0.29) is 5.91 Å². The lowest BCUT2D eigenvalue weighted by Gasteiger charge is -2.32. The van der Waals surface area contributed by atoms with E-state index in [0.29, 0.717) is 11.4 Å². The first kappa shape index (κ1) is 10.2. The largest absolute Gasteiger partial charge is 0.360 e. The summed E-state index contributed by atoms with van der Waals surface area (Å²) in [5, 5.41) is 1.92. The van der Waals surface area contributed by atoms with Crippen molar-refractivity contribution >= 4 is 29.2 Å². The molecule has 1 aromatic heterocycles. The van der Waals surface area contributed by atoms with Gasteiger partial charge in [0.15, 0.2) is 6.29 Å². The highest BCUT2D eigenvalue weighted by Crippen LogP contribution is 2.23. The lowest BCUT2D eigenvalue weighted by atomic mass is 10.3. The van der Waals surface area contributed by atoms with E-state index in [1.54, 1.807) is 4.90 Å². The monoisotopic (exact) mass is 224 g/mol. The van der Waals surface area contributed by atoms with Gasteiger partial charge in [0, 0.05) is 31.2 Å². The smallest absolute Gasteiger partial charge is 0.241 e. The van der Waals surface area contributed by atoms with Gasteiger partial charge in [-0.2, -0.15) is 0 Å². The summed E-state index contributed by atoms with van der Waals surface area (Å²) in [7, 11) is 1.81. The maximum absolute atomic E-state index is 11.5. The van der Waals surface area contributed by atoms with Crippen LogP contribution in [-0.4, -0.2) is 43.8 Å². The number of amides is 1. The van der Waals surface area contributed by atoms with E-state index in [0.717, 1.165) is 25.1 Å². The molecular formula is C10H12N2O2S. The molecule has 1 fully saturated rings. The molecule has 0 aromatic carbocycles. The Kier molecular flexibility index (Phi) is 2.73. The Morgan fingerprint density at radius 2 is 2.27 bits per heavy atom. The number of hydrogen-bond acceptors (Lipinski definition) is 4. The lowest BCUT2D eigenvalue weighted by molar-refractivity contribution is -0.129. The first-order valence-corrected chi connectivity index (χ1v) is 5.61. The molecule has 0 saturated carbocycles. The zero-order valence-corrected chi connectivity index (χ0v) is 9.29. The van der Waals surface area contributed by atoms with E-state index in [1.807, 2.05) is 23.4 Å². The summed E-state index contributed by atoms with van der Waals surface area (Å²) in [6, 6.07) is 1.83. The quantitative estimate of drug-likeness (QED) is 0.699. The molecular weight excluding hydrogens is 212 g/mol. The molecule has 1 aliphatic heterocycles. The van der Waals surface area contributed by atoms with Crippen LogP contribution in [-0.2, 0) is 4.79 Å². The van der Waals surface area contributed by atoms with Crippen molar-refractivity contribution in [3.63, 3.8) is 0 Å². The summed E-state index contributed by atoms with van der Waals surface area (Å²) in [5.74, 6) is 0.125. The van der Waals surface area contributed by atoms with Crippen molar-refractivity contribution in [2.75, 3.05) is 31.6 Å². The Hall–Kier alpha value is -1.36. The maximum Gasteiger partial charge on any atom is 0.241 e. The van der Waals surface area contributed by atoms with E-state index in [9.17, 15) is 9.59 Å². The topological polar surface area (TPSA) is 40.6 Å². The number of rotatable bonds is 2. The number of nitrogens with zero attached hydrogens (tertiary/aromatic N) is 2. The summed E-state index contributed by atoms with van der Waals surface area (Å²) in [5.41, 5.74) is 0.976. The Labute approximate surface area is 92.1 Å². The molecule has 5 heteroatoms. The van der Waals surface area contributed by atoms with Crippen LogP contribution >= 0.6 is 11.3 Å². The van der Waals surface area contributed by atoms with E-state index in [4.69, 9.17) is 0 Å². The number of aldehydes is 1. The van der Waals surface area contributed by atoms with Crippen molar-refractivity contribution in [3.8, 4) is 0 Å². The van der Waals surface area contributed by atoms with Crippen LogP contribution in [0.15, 0.2) is 11.4 Å². The molecule has 1 saturated heterocycles. The lowest BCUT2D eigenvalue weighted by Crippen LogP contribution is -2.48. The molecule has 1 aromatic rings. The molecule has 2 heterocycles. The number of hydrogen-bond donors (Lipinski definition) is 0. The Balaban J connectivity index is 2.11. The molecule has 80 valence electrons. The first-order chi connectivity index (χ1) is 7.20. The van der Waals surface area contributed by atoms with E-state index in [2.05, 4.69) is 0 Å². The molecule has 2 rings (SSSR count). The molecule has 15 heavy (non-hydrogen) atoms. The normalized spacial score (nSPS) is 17.0. The predicted octanol–water partition coefficient (Wildman–Crippen LogP) is 0.839. The van der Waals surface area contributed by atoms with Crippen LogP contribution in [0.4, 0.5) is 5.69 Å². The van der Waals surface area contributed by atoms with Crippen molar-refractivity contribution < 1.29 is 9.59 Å². The van der Waals surface area contributed by atoms with Crippen LogP contribution in [0.25, 0.3) is 0 Å². The van der Waals surface area contributed by atoms with Gasteiger partial charge in [-0.3, -0.25) is 9.59 Å². The number of piperazine rings is 1. The maximum atomic E-state index is 11.5. The minimum Gasteiger partial charge on any atom is -0.360 e. The summed E-state index contributed by atoms with van der Waals surface area (Å²) in [6.45, 7) is 1.98. The Morgan fingerprint density at radius 3 is 2.87 bits per heavy atom. The highest BCUT2D eigenvalue weighted by atomic mass is 32.1. The standard InChI is InChI=1S/C10H12N2O2S/c1-11-2-3-12(5-10(11)14)8-4-9(6-13)15-7-8/h4,6-7H,2-3,5H2,1H3. The van der Waals surface area contributed by atoms with Gasteiger partial charge in [-0.05, 0) is 6.07 Å². The van der Waals surface area contributed by atoms with Gasteiger partial charge in [0.1, 0.15) is 0 Å². The van der Waals surface area contributed by atoms with Gasteiger partial charge in [0.2, 0.25) is 5.91 Å². The molecule has 0 unspecified atom stereocenters.